The average molecular weight is 201 g/mol. The van der Waals surface area contributed by atoms with Gasteiger partial charge < -0.3 is 15.1 Å². The van der Waals surface area contributed by atoms with Crippen LogP contribution in [0.1, 0.15) is 19.8 Å². The molecule has 0 aromatic rings. The summed E-state index contributed by atoms with van der Waals surface area (Å²) in [4.78, 5) is 23.4. The lowest BCUT2D eigenvalue weighted by atomic mass is 9.97. The average Bonchev–Trinajstić information content (AvgIpc) is 2.16. The summed E-state index contributed by atoms with van der Waals surface area (Å²) in [5, 5.41) is 17.8. The maximum Gasteiger partial charge on any atom is 0.306 e. The third-order valence-electron chi connectivity index (χ3n) is 2.51. The van der Waals surface area contributed by atoms with Gasteiger partial charge in [-0.2, -0.15) is 0 Å². The van der Waals surface area contributed by atoms with E-state index in [1.807, 2.05) is 0 Å². The largest absolute Gasteiger partial charge is 0.481 e. The number of hydrogen-bond acceptors (Lipinski definition) is 3. The van der Waals surface area contributed by atoms with Crippen molar-refractivity contribution in [1.82, 2.24) is 4.90 Å². The highest BCUT2D eigenvalue weighted by molar-refractivity contribution is 5.80. The van der Waals surface area contributed by atoms with Crippen LogP contribution in [-0.4, -0.2) is 46.2 Å². The van der Waals surface area contributed by atoms with Gasteiger partial charge in [0.25, 0.3) is 5.91 Å². The first kappa shape index (κ1) is 11.0. The summed E-state index contributed by atoms with van der Waals surface area (Å²) >= 11 is 0. The van der Waals surface area contributed by atoms with Gasteiger partial charge in [0.2, 0.25) is 0 Å². The summed E-state index contributed by atoms with van der Waals surface area (Å²) < 4.78 is 0. The zero-order valence-electron chi connectivity index (χ0n) is 8.14. The fourth-order valence-corrected chi connectivity index (χ4v) is 1.61. The molecule has 1 aliphatic heterocycles. The summed E-state index contributed by atoms with van der Waals surface area (Å²) in [5.41, 5.74) is 0. The Morgan fingerprint density at radius 1 is 1.36 bits per heavy atom. The number of hydrogen-bond donors (Lipinski definition) is 2. The van der Waals surface area contributed by atoms with Gasteiger partial charge in [-0.25, -0.2) is 0 Å². The Kier molecular flexibility index (Phi) is 3.46. The zero-order chi connectivity index (χ0) is 10.7. The van der Waals surface area contributed by atoms with Crippen molar-refractivity contribution in [3.8, 4) is 0 Å². The molecule has 0 saturated carbocycles. The molecule has 2 N–H and O–H groups in total. The molecule has 80 valence electrons. The van der Waals surface area contributed by atoms with Gasteiger partial charge in [0.15, 0.2) is 0 Å². The van der Waals surface area contributed by atoms with Crippen molar-refractivity contribution in [3.05, 3.63) is 0 Å². The number of amides is 1. The van der Waals surface area contributed by atoms with E-state index in [2.05, 4.69) is 0 Å². The highest BCUT2D eigenvalue weighted by atomic mass is 16.4. The molecule has 1 aliphatic rings. The number of aliphatic hydroxyl groups is 1. The van der Waals surface area contributed by atoms with Gasteiger partial charge in [-0.15, -0.1) is 0 Å². The fraction of sp³-hybridized carbons (Fsp3) is 0.778. The molecule has 0 radical (unpaired) electrons. The number of carbonyl (C=O) groups is 2. The monoisotopic (exact) mass is 201 g/mol. The van der Waals surface area contributed by atoms with E-state index in [-0.39, 0.29) is 11.8 Å². The Morgan fingerprint density at radius 2 is 1.86 bits per heavy atom. The lowest BCUT2D eigenvalue weighted by Gasteiger charge is -2.30. The first-order valence-corrected chi connectivity index (χ1v) is 4.72. The second-order valence-corrected chi connectivity index (χ2v) is 3.61. The zero-order valence-corrected chi connectivity index (χ0v) is 8.14. The van der Waals surface area contributed by atoms with E-state index in [1.165, 1.54) is 11.8 Å². The Morgan fingerprint density at radius 3 is 2.21 bits per heavy atom. The quantitative estimate of drug-likeness (QED) is 0.642. The number of piperidine rings is 1. The van der Waals surface area contributed by atoms with Crippen molar-refractivity contribution in [1.29, 1.82) is 0 Å². The first-order valence-electron chi connectivity index (χ1n) is 4.72. The summed E-state index contributed by atoms with van der Waals surface area (Å²) in [6.45, 7) is 2.28. The normalized spacial score (nSPS) is 20.6. The third-order valence-corrected chi connectivity index (χ3v) is 2.51. The summed E-state index contributed by atoms with van der Waals surface area (Å²) in [5.74, 6) is -1.45. The second kappa shape index (κ2) is 4.41. The molecule has 0 aromatic heterocycles. The molecule has 1 amide bonds. The van der Waals surface area contributed by atoms with Crippen LogP contribution in [0.2, 0.25) is 0 Å². The van der Waals surface area contributed by atoms with Gasteiger partial charge in [-0.05, 0) is 19.8 Å². The lowest BCUT2D eigenvalue weighted by molar-refractivity contribution is -0.147. The molecule has 0 aromatic carbocycles. The predicted molar refractivity (Wildman–Crippen MR) is 48.6 cm³/mol. The van der Waals surface area contributed by atoms with E-state index in [9.17, 15) is 9.59 Å². The minimum atomic E-state index is -0.989. The maximum absolute atomic E-state index is 11.3. The predicted octanol–water partition coefficient (Wildman–Crippen LogP) is -0.310. The van der Waals surface area contributed by atoms with E-state index in [4.69, 9.17) is 10.2 Å². The van der Waals surface area contributed by atoms with Crippen LogP contribution in [0.4, 0.5) is 0 Å². The highest BCUT2D eigenvalue weighted by Gasteiger charge is 2.28. The lowest BCUT2D eigenvalue weighted by Crippen LogP contribution is -2.44. The van der Waals surface area contributed by atoms with Crippen LogP contribution in [0.15, 0.2) is 0 Å². The Balaban J connectivity index is 2.43. The Labute approximate surface area is 82.3 Å². The highest BCUT2D eigenvalue weighted by Crippen LogP contribution is 2.17. The van der Waals surface area contributed by atoms with Crippen LogP contribution in [0.5, 0.6) is 0 Å². The van der Waals surface area contributed by atoms with Crippen molar-refractivity contribution in [3.63, 3.8) is 0 Å². The molecule has 5 nitrogen and oxygen atoms in total. The molecule has 0 bridgehead atoms. The maximum atomic E-state index is 11.3. The van der Waals surface area contributed by atoms with Crippen LogP contribution >= 0.6 is 0 Å². The van der Waals surface area contributed by atoms with Gasteiger partial charge in [-0.3, -0.25) is 9.59 Å². The molecule has 5 heteroatoms. The first-order chi connectivity index (χ1) is 6.52. The van der Waals surface area contributed by atoms with Gasteiger partial charge in [-0.1, -0.05) is 0 Å². The van der Waals surface area contributed by atoms with Crippen molar-refractivity contribution in [2.45, 2.75) is 25.9 Å². The van der Waals surface area contributed by atoms with E-state index in [0.29, 0.717) is 25.9 Å². The van der Waals surface area contributed by atoms with Gasteiger partial charge in [0.05, 0.1) is 5.92 Å². The molecule has 1 unspecified atom stereocenters. The molecule has 0 spiro atoms. The third kappa shape index (κ3) is 2.45. The van der Waals surface area contributed by atoms with E-state index in [1.54, 1.807) is 0 Å². The summed E-state index contributed by atoms with van der Waals surface area (Å²) in [6.07, 6.45) is -0.0296. The smallest absolute Gasteiger partial charge is 0.306 e. The van der Waals surface area contributed by atoms with E-state index >= 15 is 0 Å². The van der Waals surface area contributed by atoms with Crippen LogP contribution in [0, 0.1) is 5.92 Å². The minimum Gasteiger partial charge on any atom is -0.481 e. The standard InChI is InChI=1S/C9H15NO4/c1-6(11)8(12)10-4-2-7(3-5-10)9(13)14/h6-7,11H,2-5H2,1H3,(H,13,14). The summed E-state index contributed by atoms with van der Waals surface area (Å²) in [6, 6.07) is 0. The van der Waals surface area contributed by atoms with E-state index in [0.717, 1.165) is 0 Å². The van der Waals surface area contributed by atoms with E-state index < -0.39 is 12.1 Å². The van der Waals surface area contributed by atoms with Crippen LogP contribution < -0.4 is 0 Å². The minimum absolute atomic E-state index is 0.311. The summed E-state index contributed by atoms with van der Waals surface area (Å²) in [7, 11) is 0. The van der Waals surface area contributed by atoms with Gasteiger partial charge in [0, 0.05) is 13.1 Å². The molecule has 1 heterocycles. The van der Waals surface area contributed by atoms with Crippen molar-refractivity contribution >= 4 is 11.9 Å². The number of aliphatic carboxylic acids is 1. The molecule has 14 heavy (non-hydrogen) atoms. The van der Waals surface area contributed by atoms with Crippen LogP contribution in [0.25, 0.3) is 0 Å². The molecule has 1 rings (SSSR count). The molecular weight excluding hydrogens is 186 g/mol. The number of rotatable bonds is 2. The van der Waals surface area contributed by atoms with Crippen molar-refractivity contribution in [2.24, 2.45) is 5.92 Å². The Bertz CT molecular complexity index is 231. The van der Waals surface area contributed by atoms with Gasteiger partial charge >= 0.3 is 5.97 Å². The number of carboxylic acids is 1. The molecular formula is C9H15NO4. The molecule has 1 fully saturated rings. The van der Waals surface area contributed by atoms with Crippen molar-refractivity contribution < 1.29 is 19.8 Å². The van der Waals surface area contributed by atoms with Crippen LogP contribution in [0.3, 0.4) is 0 Å². The topological polar surface area (TPSA) is 77.8 Å². The number of carbonyl (C=O) groups excluding carboxylic acids is 1. The Hall–Kier alpha value is -1.10. The number of aliphatic hydroxyl groups excluding tert-OH is 1. The number of likely N-dealkylation sites (tertiary alicyclic amines) is 1. The fourth-order valence-electron chi connectivity index (χ4n) is 1.61. The number of nitrogens with zero attached hydrogens (tertiary/aromatic N) is 1. The van der Waals surface area contributed by atoms with Crippen LogP contribution in [-0.2, 0) is 9.59 Å². The molecule has 0 aliphatic carbocycles. The second-order valence-electron chi connectivity index (χ2n) is 3.61. The molecule has 1 saturated heterocycles. The molecule has 1 atom stereocenters. The number of carboxylic acid groups (broad SMARTS) is 1. The SMILES string of the molecule is CC(O)C(=O)N1CCC(C(=O)O)CC1. The van der Waals surface area contributed by atoms with Gasteiger partial charge in [0.1, 0.15) is 6.10 Å². The van der Waals surface area contributed by atoms with Crippen molar-refractivity contribution in [2.75, 3.05) is 13.1 Å².